The van der Waals surface area contributed by atoms with Gasteiger partial charge >= 0.3 is 0 Å². The average molecular weight is 303 g/mol. The number of aryl methyl sites for hydroxylation is 1. The molecule has 0 aliphatic heterocycles. The first-order chi connectivity index (χ1) is 11.3. The minimum atomic E-state index is 0.390. The highest BCUT2D eigenvalue weighted by atomic mass is 16.5. The summed E-state index contributed by atoms with van der Waals surface area (Å²) in [6.45, 7) is 2.85. The van der Waals surface area contributed by atoms with Crippen LogP contribution in [-0.4, -0.2) is 13.2 Å². The Morgan fingerprint density at radius 3 is 2.57 bits per heavy atom. The van der Waals surface area contributed by atoms with Gasteiger partial charge in [-0.25, -0.2) is 0 Å². The SMILES string of the molecule is Cc1cccc(OCCOc2ccc3ccccc3c2C#N)c1. The maximum absolute atomic E-state index is 9.42. The second-order valence-corrected chi connectivity index (χ2v) is 5.29. The summed E-state index contributed by atoms with van der Waals surface area (Å²) in [6.07, 6.45) is 0. The molecule has 23 heavy (non-hydrogen) atoms. The van der Waals surface area contributed by atoms with E-state index in [1.54, 1.807) is 0 Å². The van der Waals surface area contributed by atoms with E-state index in [1.807, 2.05) is 67.6 Å². The van der Waals surface area contributed by atoms with Crippen molar-refractivity contribution in [2.75, 3.05) is 13.2 Å². The normalized spacial score (nSPS) is 10.3. The number of hydrogen-bond donors (Lipinski definition) is 0. The Bertz CT molecular complexity index is 865. The lowest BCUT2D eigenvalue weighted by atomic mass is 10.0. The molecule has 3 aromatic carbocycles. The standard InChI is InChI=1S/C20H17NO2/c1-15-5-4-7-17(13-15)22-11-12-23-20-10-9-16-6-2-3-8-18(16)19(20)14-21/h2-10,13H,11-12H2,1H3. The van der Waals surface area contributed by atoms with Crippen molar-refractivity contribution in [3.63, 3.8) is 0 Å². The van der Waals surface area contributed by atoms with Gasteiger partial charge in [-0.05, 0) is 36.1 Å². The lowest BCUT2D eigenvalue weighted by Gasteiger charge is -2.11. The fourth-order valence-corrected chi connectivity index (χ4v) is 2.50. The van der Waals surface area contributed by atoms with Gasteiger partial charge in [-0.15, -0.1) is 0 Å². The summed E-state index contributed by atoms with van der Waals surface area (Å²) in [7, 11) is 0. The van der Waals surface area contributed by atoms with Gasteiger partial charge in [0, 0.05) is 5.39 Å². The highest BCUT2D eigenvalue weighted by molar-refractivity contribution is 5.90. The second kappa shape index (κ2) is 6.85. The smallest absolute Gasteiger partial charge is 0.137 e. The molecule has 0 unspecified atom stereocenters. The third-order valence-electron chi connectivity index (χ3n) is 3.60. The van der Waals surface area contributed by atoms with Crippen molar-refractivity contribution in [1.29, 1.82) is 5.26 Å². The third kappa shape index (κ3) is 3.44. The predicted molar refractivity (Wildman–Crippen MR) is 90.8 cm³/mol. The summed E-state index contributed by atoms with van der Waals surface area (Å²) in [5, 5.41) is 11.4. The number of hydrogen-bond acceptors (Lipinski definition) is 3. The molecule has 0 atom stereocenters. The van der Waals surface area contributed by atoms with Gasteiger partial charge in [-0.1, -0.05) is 42.5 Å². The summed E-state index contributed by atoms with van der Waals surface area (Å²) in [5.74, 6) is 1.42. The molecular formula is C20H17NO2. The number of nitrogens with zero attached hydrogens (tertiary/aromatic N) is 1. The van der Waals surface area contributed by atoms with Crippen LogP contribution in [0.25, 0.3) is 10.8 Å². The summed E-state index contributed by atoms with van der Waals surface area (Å²) >= 11 is 0. The summed E-state index contributed by atoms with van der Waals surface area (Å²) in [6, 6.07) is 21.7. The van der Waals surface area contributed by atoms with Gasteiger partial charge in [-0.2, -0.15) is 5.26 Å². The van der Waals surface area contributed by atoms with Gasteiger partial charge in [0.2, 0.25) is 0 Å². The van der Waals surface area contributed by atoms with Crippen molar-refractivity contribution in [3.8, 4) is 17.6 Å². The molecule has 0 bridgehead atoms. The van der Waals surface area contributed by atoms with Gasteiger partial charge in [0.15, 0.2) is 0 Å². The van der Waals surface area contributed by atoms with Gasteiger partial charge in [0.25, 0.3) is 0 Å². The number of rotatable bonds is 5. The molecule has 3 heteroatoms. The van der Waals surface area contributed by atoms with Crippen LogP contribution in [0.1, 0.15) is 11.1 Å². The fourth-order valence-electron chi connectivity index (χ4n) is 2.50. The van der Waals surface area contributed by atoms with Crippen LogP contribution in [0.4, 0.5) is 0 Å². The zero-order valence-electron chi connectivity index (χ0n) is 13.0. The van der Waals surface area contributed by atoms with E-state index in [4.69, 9.17) is 9.47 Å². The first-order valence-corrected chi connectivity index (χ1v) is 7.52. The molecule has 0 aromatic heterocycles. The van der Waals surface area contributed by atoms with Gasteiger partial charge in [0.05, 0.1) is 0 Å². The maximum Gasteiger partial charge on any atom is 0.137 e. The zero-order valence-corrected chi connectivity index (χ0v) is 13.0. The summed E-state index contributed by atoms with van der Waals surface area (Å²) in [4.78, 5) is 0. The molecule has 3 nitrogen and oxygen atoms in total. The largest absolute Gasteiger partial charge is 0.490 e. The molecule has 0 heterocycles. The van der Waals surface area contributed by atoms with Crippen LogP contribution in [0.2, 0.25) is 0 Å². The van der Waals surface area contributed by atoms with Crippen LogP contribution in [-0.2, 0) is 0 Å². The number of ether oxygens (including phenoxy) is 2. The molecule has 0 amide bonds. The predicted octanol–water partition coefficient (Wildman–Crippen LogP) is 4.48. The lowest BCUT2D eigenvalue weighted by Crippen LogP contribution is -2.09. The minimum Gasteiger partial charge on any atom is -0.490 e. The highest BCUT2D eigenvalue weighted by Crippen LogP contribution is 2.27. The maximum atomic E-state index is 9.42. The van der Waals surface area contributed by atoms with Crippen LogP contribution in [0.5, 0.6) is 11.5 Å². The molecule has 0 N–H and O–H groups in total. The zero-order chi connectivity index (χ0) is 16.1. The van der Waals surface area contributed by atoms with E-state index in [2.05, 4.69) is 6.07 Å². The van der Waals surface area contributed by atoms with Crippen molar-refractivity contribution < 1.29 is 9.47 Å². The Labute approximate surface area is 135 Å². The van der Waals surface area contributed by atoms with E-state index in [0.29, 0.717) is 24.5 Å². The molecule has 114 valence electrons. The van der Waals surface area contributed by atoms with Crippen LogP contribution in [0.3, 0.4) is 0 Å². The molecule has 3 aromatic rings. The molecule has 0 fully saturated rings. The van der Waals surface area contributed by atoms with Crippen LogP contribution in [0.15, 0.2) is 60.7 Å². The molecule has 0 aliphatic carbocycles. The molecule has 0 aliphatic rings. The monoisotopic (exact) mass is 303 g/mol. The van der Waals surface area contributed by atoms with Crippen molar-refractivity contribution in [3.05, 3.63) is 71.8 Å². The average Bonchev–Trinajstić information content (AvgIpc) is 2.58. The van der Waals surface area contributed by atoms with E-state index in [0.717, 1.165) is 22.1 Å². The summed E-state index contributed by atoms with van der Waals surface area (Å²) in [5.41, 5.74) is 1.73. The fraction of sp³-hybridized carbons (Fsp3) is 0.150. The highest BCUT2D eigenvalue weighted by Gasteiger charge is 2.08. The summed E-state index contributed by atoms with van der Waals surface area (Å²) < 4.78 is 11.4. The third-order valence-corrected chi connectivity index (χ3v) is 3.60. The van der Waals surface area contributed by atoms with Gasteiger partial charge in [0.1, 0.15) is 36.3 Å². The van der Waals surface area contributed by atoms with Crippen molar-refractivity contribution in [2.45, 2.75) is 6.92 Å². The molecule has 0 saturated heterocycles. The number of nitriles is 1. The molecule has 3 rings (SSSR count). The Kier molecular flexibility index (Phi) is 4.44. The van der Waals surface area contributed by atoms with Crippen LogP contribution >= 0.6 is 0 Å². The lowest BCUT2D eigenvalue weighted by molar-refractivity contribution is 0.217. The number of benzene rings is 3. The van der Waals surface area contributed by atoms with E-state index < -0.39 is 0 Å². The van der Waals surface area contributed by atoms with E-state index in [1.165, 1.54) is 0 Å². The number of fused-ring (bicyclic) bond motifs is 1. The molecule has 0 radical (unpaired) electrons. The van der Waals surface area contributed by atoms with Gasteiger partial charge < -0.3 is 9.47 Å². The van der Waals surface area contributed by atoms with Crippen molar-refractivity contribution in [1.82, 2.24) is 0 Å². The minimum absolute atomic E-state index is 0.390. The van der Waals surface area contributed by atoms with Crippen molar-refractivity contribution >= 4 is 10.8 Å². The van der Waals surface area contributed by atoms with E-state index in [-0.39, 0.29) is 0 Å². The van der Waals surface area contributed by atoms with Crippen LogP contribution < -0.4 is 9.47 Å². The van der Waals surface area contributed by atoms with Crippen LogP contribution in [0, 0.1) is 18.3 Å². The first kappa shape index (κ1) is 14.9. The van der Waals surface area contributed by atoms with E-state index >= 15 is 0 Å². The first-order valence-electron chi connectivity index (χ1n) is 7.52. The quantitative estimate of drug-likeness (QED) is 0.653. The Balaban J connectivity index is 1.67. The molecule has 0 spiro atoms. The van der Waals surface area contributed by atoms with Crippen molar-refractivity contribution in [2.24, 2.45) is 0 Å². The van der Waals surface area contributed by atoms with E-state index in [9.17, 15) is 5.26 Å². The van der Waals surface area contributed by atoms with Gasteiger partial charge in [-0.3, -0.25) is 0 Å². The topological polar surface area (TPSA) is 42.2 Å². The second-order valence-electron chi connectivity index (χ2n) is 5.29. The Hall–Kier alpha value is -2.99. The Morgan fingerprint density at radius 1 is 0.913 bits per heavy atom. The molecular weight excluding hydrogens is 286 g/mol. The Morgan fingerprint density at radius 2 is 1.74 bits per heavy atom. The molecule has 0 saturated carbocycles.